The first-order chi connectivity index (χ1) is 18.3. The molecule has 0 spiro atoms. The molecule has 1 fully saturated rings. The monoisotopic (exact) mass is 564 g/mol. The summed E-state index contributed by atoms with van der Waals surface area (Å²) in [6.45, 7) is -2.36. The molecule has 1 aliphatic heterocycles. The third-order valence-corrected chi connectivity index (χ3v) is 6.10. The van der Waals surface area contributed by atoms with Crippen LogP contribution in [0.4, 0.5) is 34.9 Å². The number of aromatic nitrogens is 5. The van der Waals surface area contributed by atoms with Gasteiger partial charge in [-0.2, -0.15) is 13.9 Å². The van der Waals surface area contributed by atoms with Gasteiger partial charge in [0.15, 0.2) is 5.82 Å². The number of benzene rings is 1. The molecule has 0 radical (unpaired) electrons. The number of alkyl halides is 3. The van der Waals surface area contributed by atoms with Gasteiger partial charge in [-0.1, -0.05) is 6.07 Å². The van der Waals surface area contributed by atoms with Crippen LogP contribution in [0.2, 0.25) is 0 Å². The molecule has 206 valence electrons. The molecule has 4 aromatic rings. The molecule has 9 nitrogen and oxygen atoms in total. The van der Waals surface area contributed by atoms with E-state index >= 15 is 0 Å². The maximum Gasteiger partial charge on any atom is 0.333 e. The predicted octanol–water partition coefficient (Wildman–Crippen LogP) is 4.99. The fourth-order valence-corrected chi connectivity index (χ4v) is 4.42. The number of pyridine rings is 1. The zero-order valence-corrected chi connectivity index (χ0v) is 21.5. The molecular formula is C25H25ClF4N8O. The van der Waals surface area contributed by atoms with Crippen molar-refractivity contribution >= 4 is 29.7 Å². The number of nitrogens with one attached hydrogen (secondary N) is 1. The number of hydrogen-bond acceptors (Lipinski definition) is 8. The van der Waals surface area contributed by atoms with Gasteiger partial charge in [-0.25, -0.2) is 28.4 Å². The second-order valence-corrected chi connectivity index (χ2v) is 8.78. The van der Waals surface area contributed by atoms with Crippen molar-refractivity contribution in [2.75, 3.05) is 30.4 Å². The topological polar surface area (TPSA) is 107 Å². The van der Waals surface area contributed by atoms with Crippen LogP contribution in [0.15, 0.2) is 55.1 Å². The van der Waals surface area contributed by atoms with Gasteiger partial charge in [-0.15, -0.1) is 12.4 Å². The Morgan fingerprint density at radius 3 is 2.67 bits per heavy atom. The molecule has 0 unspecified atom stereocenters. The van der Waals surface area contributed by atoms with E-state index in [1.807, 2.05) is 0 Å². The van der Waals surface area contributed by atoms with Crippen LogP contribution in [-0.2, 0) is 0 Å². The van der Waals surface area contributed by atoms with Gasteiger partial charge in [0.2, 0.25) is 0 Å². The molecular weight excluding hydrogens is 540 g/mol. The molecule has 1 saturated heterocycles. The summed E-state index contributed by atoms with van der Waals surface area (Å²) in [6, 6.07) is 7.24. The number of nitrogens with two attached hydrogens (primary N) is 1. The van der Waals surface area contributed by atoms with E-state index in [2.05, 4.69) is 25.4 Å². The second-order valence-electron chi connectivity index (χ2n) is 8.78. The van der Waals surface area contributed by atoms with Crippen LogP contribution in [0.3, 0.4) is 0 Å². The van der Waals surface area contributed by atoms with E-state index < -0.39 is 24.6 Å². The lowest BCUT2D eigenvalue weighted by Crippen LogP contribution is -2.48. The summed E-state index contributed by atoms with van der Waals surface area (Å²) >= 11 is 0. The first kappa shape index (κ1) is 28.0. The number of hydrogen-bond donors (Lipinski definition) is 2. The third-order valence-electron chi connectivity index (χ3n) is 6.10. The molecule has 3 N–H and O–H groups in total. The molecule has 3 aromatic heterocycles. The highest BCUT2D eigenvalue weighted by Crippen LogP contribution is 2.35. The van der Waals surface area contributed by atoms with Crippen LogP contribution in [0.25, 0.3) is 22.5 Å². The van der Waals surface area contributed by atoms with Gasteiger partial charge < -0.3 is 20.7 Å². The van der Waals surface area contributed by atoms with E-state index in [1.54, 1.807) is 23.1 Å². The number of methoxy groups -OCH3 is 1. The van der Waals surface area contributed by atoms with Crippen molar-refractivity contribution in [1.29, 1.82) is 0 Å². The lowest BCUT2D eigenvalue weighted by molar-refractivity contribution is 0.0566. The quantitative estimate of drug-likeness (QED) is 0.303. The SMILES string of the molecule is COc1cccc(F)c1-c1nccc(Nc2cc(N3C[C@@H](N)C[C@@H](F)C3)c(-c3cnn(C(F)F)c3)cn2)n1.Cl. The number of rotatable bonds is 7. The van der Waals surface area contributed by atoms with E-state index in [0.717, 1.165) is 0 Å². The van der Waals surface area contributed by atoms with E-state index in [4.69, 9.17) is 10.5 Å². The number of halogens is 5. The Bertz CT molecular complexity index is 1430. The molecule has 39 heavy (non-hydrogen) atoms. The van der Waals surface area contributed by atoms with Crippen molar-refractivity contribution < 1.29 is 22.3 Å². The summed E-state index contributed by atoms with van der Waals surface area (Å²) < 4.78 is 61.1. The lowest BCUT2D eigenvalue weighted by atomic mass is 10.0. The Balaban J connectivity index is 0.00000353. The van der Waals surface area contributed by atoms with Crippen molar-refractivity contribution in [1.82, 2.24) is 24.7 Å². The summed E-state index contributed by atoms with van der Waals surface area (Å²) in [4.78, 5) is 14.7. The zero-order chi connectivity index (χ0) is 26.8. The van der Waals surface area contributed by atoms with Gasteiger partial charge in [0, 0.05) is 54.9 Å². The Morgan fingerprint density at radius 2 is 1.95 bits per heavy atom. The Morgan fingerprint density at radius 1 is 1.13 bits per heavy atom. The predicted molar refractivity (Wildman–Crippen MR) is 141 cm³/mol. The van der Waals surface area contributed by atoms with Gasteiger partial charge in [0.05, 0.1) is 24.6 Å². The number of nitrogens with zero attached hydrogens (tertiary/aromatic N) is 6. The zero-order valence-electron chi connectivity index (χ0n) is 20.6. The van der Waals surface area contributed by atoms with Crippen molar-refractivity contribution in [3.63, 3.8) is 0 Å². The second kappa shape index (κ2) is 11.8. The Kier molecular flexibility index (Phi) is 8.51. The van der Waals surface area contributed by atoms with Gasteiger partial charge in [-0.05, 0) is 24.6 Å². The molecule has 14 heteroatoms. The Hall–Kier alpha value is -3.97. The number of ether oxygens (including phenoxy) is 1. The molecule has 1 aliphatic rings. The average molecular weight is 565 g/mol. The van der Waals surface area contributed by atoms with E-state index in [0.29, 0.717) is 39.7 Å². The van der Waals surface area contributed by atoms with Crippen LogP contribution in [-0.4, -0.2) is 57.1 Å². The lowest BCUT2D eigenvalue weighted by Gasteiger charge is -2.35. The van der Waals surface area contributed by atoms with E-state index in [-0.39, 0.29) is 42.5 Å². The molecule has 0 saturated carbocycles. The molecule has 5 rings (SSSR count). The highest BCUT2D eigenvalue weighted by Gasteiger charge is 2.27. The van der Waals surface area contributed by atoms with Crippen LogP contribution >= 0.6 is 12.4 Å². The molecule has 4 heterocycles. The van der Waals surface area contributed by atoms with Crippen LogP contribution in [0.5, 0.6) is 5.75 Å². The van der Waals surface area contributed by atoms with Gasteiger partial charge in [-0.3, -0.25) is 0 Å². The average Bonchev–Trinajstić information content (AvgIpc) is 3.39. The smallest absolute Gasteiger partial charge is 0.333 e. The summed E-state index contributed by atoms with van der Waals surface area (Å²) in [5.41, 5.74) is 7.60. The minimum Gasteiger partial charge on any atom is -0.496 e. The van der Waals surface area contributed by atoms with Crippen LogP contribution in [0, 0.1) is 5.82 Å². The molecule has 2 atom stereocenters. The summed E-state index contributed by atoms with van der Waals surface area (Å²) in [7, 11) is 1.42. The fraction of sp³-hybridized carbons (Fsp3) is 0.280. The van der Waals surface area contributed by atoms with Crippen LogP contribution < -0.4 is 20.7 Å². The highest BCUT2D eigenvalue weighted by molar-refractivity contribution is 5.85. The maximum absolute atomic E-state index is 14.6. The van der Waals surface area contributed by atoms with Crippen LogP contribution in [0.1, 0.15) is 13.0 Å². The summed E-state index contributed by atoms with van der Waals surface area (Å²) in [5, 5.41) is 6.76. The summed E-state index contributed by atoms with van der Waals surface area (Å²) in [5.74, 6) is 0.486. The molecule has 0 amide bonds. The first-order valence-corrected chi connectivity index (χ1v) is 11.7. The molecule has 0 aliphatic carbocycles. The third kappa shape index (κ3) is 6.04. The largest absolute Gasteiger partial charge is 0.496 e. The van der Waals surface area contributed by atoms with Gasteiger partial charge in [0.1, 0.15) is 29.4 Å². The fourth-order valence-electron chi connectivity index (χ4n) is 4.42. The number of anilines is 3. The van der Waals surface area contributed by atoms with Gasteiger partial charge in [0.25, 0.3) is 0 Å². The molecule has 1 aromatic carbocycles. The Labute approximate surface area is 227 Å². The highest BCUT2D eigenvalue weighted by atomic mass is 35.5. The van der Waals surface area contributed by atoms with E-state index in [9.17, 15) is 17.6 Å². The van der Waals surface area contributed by atoms with E-state index in [1.165, 1.54) is 44.0 Å². The minimum absolute atomic E-state index is 0. The normalized spacial score (nSPS) is 17.2. The minimum atomic E-state index is -2.81. The van der Waals surface area contributed by atoms with Crippen molar-refractivity contribution in [2.45, 2.75) is 25.2 Å². The van der Waals surface area contributed by atoms with Crippen molar-refractivity contribution in [2.24, 2.45) is 5.73 Å². The first-order valence-electron chi connectivity index (χ1n) is 11.7. The number of piperidine rings is 1. The van der Waals surface area contributed by atoms with Crippen molar-refractivity contribution in [3.8, 4) is 28.3 Å². The molecule has 0 bridgehead atoms. The van der Waals surface area contributed by atoms with Crippen molar-refractivity contribution in [3.05, 3.63) is 60.9 Å². The standard InChI is InChI=1S/C25H24F4N8O.ClH/c1-38-20-4-2-3-18(27)23(20)24-31-6-5-21(35-24)34-22-8-19(36-12-15(26)7-16(30)13-36)17(10-32-22)14-9-33-37(11-14)25(28)29;/h2-6,8-11,15-16,25H,7,12-13,30H2,1H3,(H,31,32,34,35);1H/t15-,16+;/m1./s1. The maximum atomic E-state index is 14.6. The summed E-state index contributed by atoms with van der Waals surface area (Å²) in [6.07, 6.45) is 4.53. The van der Waals surface area contributed by atoms with Gasteiger partial charge >= 0.3 is 6.55 Å².